The minimum Gasteiger partial charge on any atom is -0.372 e. The molecule has 0 radical (unpaired) electrons. The third-order valence-electron chi connectivity index (χ3n) is 2.64. The molecule has 1 aromatic rings. The number of hydrogen-bond donors (Lipinski definition) is 2. The lowest BCUT2D eigenvalue weighted by molar-refractivity contribution is 0.104. The summed E-state index contributed by atoms with van der Waals surface area (Å²) in [6.45, 7) is 1.74. The van der Waals surface area contributed by atoms with Gasteiger partial charge in [-0.15, -0.1) is 0 Å². The Morgan fingerprint density at radius 3 is 2.29 bits per heavy atom. The molecule has 0 bridgehead atoms. The minimum absolute atomic E-state index is 0.123. The summed E-state index contributed by atoms with van der Waals surface area (Å²) < 4.78 is 12.7. The lowest BCUT2D eigenvalue weighted by atomic mass is 10.1. The first-order chi connectivity index (χ1) is 8.25. The Bertz CT molecular complexity index is 416. The third kappa shape index (κ3) is 3.31. The summed E-state index contributed by atoms with van der Waals surface area (Å²) in [7, 11) is 0. The molecule has 0 amide bonds. The molecular formula is C13H15FN2O. The Labute approximate surface area is 99.7 Å². The van der Waals surface area contributed by atoms with Gasteiger partial charge in [0.2, 0.25) is 0 Å². The number of benzene rings is 1. The fourth-order valence-electron chi connectivity index (χ4n) is 1.69. The molecule has 1 aromatic carbocycles. The molecule has 0 aromatic heterocycles. The maximum Gasteiger partial charge on any atom is 0.189 e. The summed E-state index contributed by atoms with van der Waals surface area (Å²) in [5, 5.41) is 6.30. The molecule has 0 unspecified atom stereocenters. The zero-order chi connectivity index (χ0) is 12.1. The molecule has 2 N–H and O–H groups in total. The highest BCUT2D eigenvalue weighted by Gasteiger charge is 2.07. The van der Waals surface area contributed by atoms with Gasteiger partial charge in [-0.05, 0) is 37.1 Å². The summed E-state index contributed by atoms with van der Waals surface area (Å²) in [6, 6.07) is 5.57. The van der Waals surface area contributed by atoms with Crippen LogP contribution in [0.25, 0.3) is 0 Å². The quantitative estimate of drug-likeness (QED) is 0.606. The molecular weight excluding hydrogens is 219 g/mol. The van der Waals surface area contributed by atoms with E-state index in [9.17, 15) is 9.18 Å². The molecule has 3 nitrogen and oxygen atoms in total. The van der Waals surface area contributed by atoms with Gasteiger partial charge in [-0.2, -0.15) is 0 Å². The van der Waals surface area contributed by atoms with Gasteiger partial charge in [0.25, 0.3) is 0 Å². The Morgan fingerprint density at radius 1 is 1.12 bits per heavy atom. The molecule has 0 spiro atoms. The molecule has 1 fully saturated rings. The average molecular weight is 234 g/mol. The van der Waals surface area contributed by atoms with Gasteiger partial charge in [0.05, 0.1) is 0 Å². The van der Waals surface area contributed by atoms with Crippen molar-refractivity contribution in [3.05, 3.63) is 47.5 Å². The molecule has 0 aliphatic carbocycles. The van der Waals surface area contributed by atoms with Crippen LogP contribution in [0.3, 0.4) is 0 Å². The smallest absolute Gasteiger partial charge is 0.189 e. The highest BCUT2D eigenvalue weighted by molar-refractivity contribution is 6.04. The SMILES string of the molecule is O=C(C=C1NCCCCN1)c1ccc(F)cc1. The van der Waals surface area contributed by atoms with Crippen LogP contribution in [-0.2, 0) is 0 Å². The average Bonchev–Trinajstić information content (AvgIpc) is 2.58. The van der Waals surface area contributed by atoms with E-state index in [1.54, 1.807) is 0 Å². The Balaban J connectivity index is 2.09. The predicted molar refractivity (Wildman–Crippen MR) is 64.1 cm³/mol. The van der Waals surface area contributed by atoms with Crippen LogP contribution in [0.1, 0.15) is 23.2 Å². The highest BCUT2D eigenvalue weighted by Crippen LogP contribution is 2.05. The second-order valence-electron chi connectivity index (χ2n) is 3.99. The molecule has 1 heterocycles. The van der Waals surface area contributed by atoms with Gasteiger partial charge in [-0.25, -0.2) is 4.39 Å². The third-order valence-corrected chi connectivity index (χ3v) is 2.64. The standard InChI is InChI=1S/C13H15FN2O/c14-11-5-3-10(4-6-11)12(17)9-13-15-7-1-2-8-16-13/h3-6,9,15-16H,1-2,7-8H2. The lowest BCUT2D eigenvalue weighted by Crippen LogP contribution is -2.24. The van der Waals surface area contributed by atoms with Gasteiger partial charge in [0, 0.05) is 24.7 Å². The van der Waals surface area contributed by atoms with E-state index in [1.165, 1.54) is 30.3 Å². The summed E-state index contributed by atoms with van der Waals surface area (Å²) in [5.74, 6) is 0.290. The van der Waals surface area contributed by atoms with E-state index in [-0.39, 0.29) is 11.6 Å². The van der Waals surface area contributed by atoms with E-state index in [4.69, 9.17) is 0 Å². The van der Waals surface area contributed by atoms with E-state index in [0.29, 0.717) is 5.56 Å². The molecule has 0 saturated carbocycles. The summed E-state index contributed by atoms with van der Waals surface area (Å²) in [6.07, 6.45) is 3.71. The van der Waals surface area contributed by atoms with Crippen LogP contribution in [0, 0.1) is 5.82 Å². The van der Waals surface area contributed by atoms with E-state index in [0.717, 1.165) is 31.8 Å². The number of ketones is 1. The monoisotopic (exact) mass is 234 g/mol. The second-order valence-corrected chi connectivity index (χ2v) is 3.99. The Kier molecular flexibility index (Phi) is 3.75. The van der Waals surface area contributed by atoms with Crippen LogP contribution in [0.4, 0.5) is 4.39 Å². The zero-order valence-corrected chi connectivity index (χ0v) is 9.50. The van der Waals surface area contributed by atoms with Crippen LogP contribution in [0.15, 0.2) is 36.2 Å². The fraction of sp³-hybridized carbons (Fsp3) is 0.308. The zero-order valence-electron chi connectivity index (χ0n) is 9.50. The first-order valence-corrected chi connectivity index (χ1v) is 5.75. The van der Waals surface area contributed by atoms with Crippen molar-refractivity contribution in [3.8, 4) is 0 Å². The van der Waals surface area contributed by atoms with Gasteiger partial charge >= 0.3 is 0 Å². The van der Waals surface area contributed by atoms with Crippen molar-refractivity contribution in [1.82, 2.24) is 10.6 Å². The molecule has 1 saturated heterocycles. The van der Waals surface area contributed by atoms with Gasteiger partial charge in [-0.1, -0.05) is 0 Å². The van der Waals surface area contributed by atoms with Crippen LogP contribution in [-0.4, -0.2) is 18.9 Å². The minimum atomic E-state index is -0.333. The predicted octanol–water partition coefficient (Wildman–Crippen LogP) is 1.82. The van der Waals surface area contributed by atoms with E-state index >= 15 is 0 Å². The van der Waals surface area contributed by atoms with Crippen molar-refractivity contribution in [2.75, 3.05) is 13.1 Å². The first-order valence-electron chi connectivity index (χ1n) is 5.75. The van der Waals surface area contributed by atoms with Crippen LogP contribution < -0.4 is 10.6 Å². The lowest BCUT2D eigenvalue weighted by Gasteiger charge is -2.07. The summed E-state index contributed by atoms with van der Waals surface area (Å²) >= 11 is 0. The van der Waals surface area contributed by atoms with Gasteiger partial charge in [0.1, 0.15) is 11.6 Å². The maximum atomic E-state index is 12.7. The van der Waals surface area contributed by atoms with E-state index < -0.39 is 0 Å². The van der Waals surface area contributed by atoms with Crippen molar-refractivity contribution in [3.63, 3.8) is 0 Å². The van der Waals surface area contributed by atoms with Gasteiger partial charge < -0.3 is 10.6 Å². The highest BCUT2D eigenvalue weighted by atomic mass is 19.1. The topological polar surface area (TPSA) is 41.1 Å². The second kappa shape index (κ2) is 5.48. The summed E-state index contributed by atoms with van der Waals surface area (Å²) in [4.78, 5) is 11.9. The molecule has 2 rings (SSSR count). The van der Waals surface area contributed by atoms with Crippen molar-refractivity contribution in [2.24, 2.45) is 0 Å². The van der Waals surface area contributed by atoms with E-state index in [1.807, 2.05) is 0 Å². The van der Waals surface area contributed by atoms with Crippen LogP contribution in [0.5, 0.6) is 0 Å². The molecule has 4 heteroatoms. The molecule has 1 aliphatic heterocycles. The van der Waals surface area contributed by atoms with Crippen LogP contribution >= 0.6 is 0 Å². The van der Waals surface area contributed by atoms with Gasteiger partial charge in [-0.3, -0.25) is 4.79 Å². The summed E-state index contributed by atoms with van der Waals surface area (Å²) in [5.41, 5.74) is 0.492. The number of allylic oxidation sites excluding steroid dienone is 1. The maximum absolute atomic E-state index is 12.7. The number of halogens is 1. The van der Waals surface area contributed by atoms with E-state index in [2.05, 4.69) is 10.6 Å². The van der Waals surface area contributed by atoms with Crippen molar-refractivity contribution >= 4 is 5.78 Å². The number of rotatable bonds is 2. The molecule has 0 atom stereocenters. The normalized spacial score (nSPS) is 15.5. The molecule has 17 heavy (non-hydrogen) atoms. The Hall–Kier alpha value is -1.84. The van der Waals surface area contributed by atoms with Crippen LogP contribution in [0.2, 0.25) is 0 Å². The Morgan fingerprint density at radius 2 is 1.71 bits per heavy atom. The van der Waals surface area contributed by atoms with Crippen molar-refractivity contribution in [1.29, 1.82) is 0 Å². The van der Waals surface area contributed by atoms with Crippen molar-refractivity contribution in [2.45, 2.75) is 12.8 Å². The number of hydrogen-bond acceptors (Lipinski definition) is 3. The van der Waals surface area contributed by atoms with Crippen molar-refractivity contribution < 1.29 is 9.18 Å². The number of carbonyl (C=O) groups excluding carboxylic acids is 1. The van der Waals surface area contributed by atoms with Gasteiger partial charge in [0.15, 0.2) is 5.78 Å². The molecule has 1 aliphatic rings. The fourth-order valence-corrected chi connectivity index (χ4v) is 1.69. The number of nitrogens with one attached hydrogen (secondary N) is 2. The number of carbonyl (C=O) groups is 1. The first kappa shape index (κ1) is 11.6. The largest absolute Gasteiger partial charge is 0.372 e. The molecule has 90 valence electrons.